The van der Waals surface area contributed by atoms with Crippen LogP contribution in [0.15, 0.2) is 12.4 Å². The number of aromatic nitrogens is 2. The second-order valence-corrected chi connectivity index (χ2v) is 3.80. The zero-order chi connectivity index (χ0) is 12.2. The molecular weight excluding hydrogens is 230 g/mol. The number of nitrogens with zero attached hydrogens (tertiary/aromatic N) is 2. The van der Waals surface area contributed by atoms with Crippen LogP contribution in [-0.4, -0.2) is 28.6 Å². The fourth-order valence-corrected chi connectivity index (χ4v) is 1.19. The Kier molecular flexibility index (Phi) is 4.20. The quantitative estimate of drug-likeness (QED) is 0.877. The van der Waals surface area contributed by atoms with Crippen molar-refractivity contribution < 1.29 is 9.53 Å². The number of anilines is 1. The van der Waals surface area contributed by atoms with E-state index in [1.165, 1.54) is 19.5 Å². The van der Waals surface area contributed by atoms with Crippen LogP contribution in [0.5, 0.6) is 0 Å². The standard InChI is InChI=1S/C10H14ClN3O2/c1-4-10(2,16-3)9(15)14-8-7(11)12-5-6-13-8/h5-6H,4H2,1-3H3,(H,13,14,15). The zero-order valence-electron chi connectivity index (χ0n) is 9.45. The molecule has 0 spiro atoms. The minimum atomic E-state index is -0.888. The molecule has 1 heterocycles. The Morgan fingerprint density at radius 1 is 1.56 bits per heavy atom. The molecule has 1 N–H and O–H groups in total. The normalized spacial score (nSPS) is 14.2. The van der Waals surface area contributed by atoms with Gasteiger partial charge in [-0.25, -0.2) is 9.97 Å². The van der Waals surface area contributed by atoms with Gasteiger partial charge in [-0.15, -0.1) is 0 Å². The first-order chi connectivity index (χ1) is 7.53. The van der Waals surface area contributed by atoms with Crippen molar-refractivity contribution in [3.8, 4) is 0 Å². The second kappa shape index (κ2) is 5.23. The van der Waals surface area contributed by atoms with Crippen LogP contribution >= 0.6 is 11.6 Å². The summed E-state index contributed by atoms with van der Waals surface area (Å²) in [6, 6.07) is 0. The van der Waals surface area contributed by atoms with E-state index in [0.29, 0.717) is 6.42 Å². The maximum atomic E-state index is 11.9. The number of amides is 1. The predicted octanol–water partition coefficient (Wildman–Crippen LogP) is 1.88. The lowest BCUT2D eigenvalue weighted by atomic mass is 10.0. The summed E-state index contributed by atoms with van der Waals surface area (Å²) in [5.41, 5.74) is -0.888. The smallest absolute Gasteiger partial charge is 0.257 e. The van der Waals surface area contributed by atoms with Crippen LogP contribution < -0.4 is 5.32 Å². The first-order valence-electron chi connectivity index (χ1n) is 4.86. The fourth-order valence-electron chi connectivity index (χ4n) is 1.04. The van der Waals surface area contributed by atoms with Gasteiger partial charge in [-0.3, -0.25) is 4.79 Å². The van der Waals surface area contributed by atoms with E-state index in [4.69, 9.17) is 16.3 Å². The molecule has 0 aliphatic carbocycles. The number of halogens is 1. The van der Waals surface area contributed by atoms with Crippen LogP contribution in [-0.2, 0) is 9.53 Å². The molecule has 0 aromatic carbocycles. The fraction of sp³-hybridized carbons (Fsp3) is 0.500. The molecule has 1 aromatic rings. The molecule has 16 heavy (non-hydrogen) atoms. The van der Waals surface area contributed by atoms with Crippen LogP contribution in [0.3, 0.4) is 0 Å². The van der Waals surface area contributed by atoms with Crippen LogP contribution in [0.25, 0.3) is 0 Å². The van der Waals surface area contributed by atoms with Crippen molar-refractivity contribution in [1.82, 2.24) is 9.97 Å². The van der Waals surface area contributed by atoms with Gasteiger partial charge in [-0.2, -0.15) is 0 Å². The largest absolute Gasteiger partial charge is 0.369 e. The SMILES string of the molecule is CCC(C)(OC)C(=O)Nc1nccnc1Cl. The van der Waals surface area contributed by atoms with E-state index in [1.807, 2.05) is 6.92 Å². The van der Waals surface area contributed by atoms with Crippen LogP contribution in [0.1, 0.15) is 20.3 Å². The van der Waals surface area contributed by atoms with Gasteiger partial charge in [0.2, 0.25) is 0 Å². The third-order valence-electron chi connectivity index (χ3n) is 2.49. The Balaban J connectivity index is 2.83. The molecule has 0 bridgehead atoms. The highest BCUT2D eigenvalue weighted by Gasteiger charge is 2.31. The lowest BCUT2D eigenvalue weighted by Gasteiger charge is -2.24. The molecule has 1 amide bonds. The third kappa shape index (κ3) is 2.68. The molecule has 6 heteroatoms. The Bertz CT molecular complexity index is 380. The monoisotopic (exact) mass is 243 g/mol. The van der Waals surface area contributed by atoms with E-state index in [0.717, 1.165) is 0 Å². The van der Waals surface area contributed by atoms with E-state index in [1.54, 1.807) is 6.92 Å². The molecule has 0 radical (unpaired) electrons. The summed E-state index contributed by atoms with van der Waals surface area (Å²) in [5.74, 6) is -0.0502. The van der Waals surface area contributed by atoms with Gasteiger partial charge in [0.1, 0.15) is 5.60 Å². The molecule has 0 aliphatic rings. The molecule has 0 saturated carbocycles. The molecule has 88 valence electrons. The lowest BCUT2D eigenvalue weighted by molar-refractivity contribution is -0.136. The van der Waals surface area contributed by atoms with Gasteiger partial charge in [-0.05, 0) is 13.3 Å². The summed E-state index contributed by atoms with van der Waals surface area (Å²) in [6.07, 6.45) is 3.46. The summed E-state index contributed by atoms with van der Waals surface area (Å²) in [7, 11) is 1.49. The Hall–Kier alpha value is -1.20. The van der Waals surface area contributed by atoms with Crippen molar-refractivity contribution in [2.24, 2.45) is 0 Å². The summed E-state index contributed by atoms with van der Waals surface area (Å²) in [4.78, 5) is 19.6. The van der Waals surface area contributed by atoms with Gasteiger partial charge in [-0.1, -0.05) is 18.5 Å². The van der Waals surface area contributed by atoms with Crippen molar-refractivity contribution in [2.45, 2.75) is 25.9 Å². The summed E-state index contributed by atoms with van der Waals surface area (Å²) < 4.78 is 5.16. The molecule has 1 aromatic heterocycles. The average molecular weight is 244 g/mol. The highest BCUT2D eigenvalue weighted by atomic mass is 35.5. The average Bonchev–Trinajstić information content (AvgIpc) is 2.31. The molecule has 1 rings (SSSR count). The lowest BCUT2D eigenvalue weighted by Crippen LogP contribution is -2.41. The Morgan fingerprint density at radius 3 is 2.69 bits per heavy atom. The van der Waals surface area contributed by atoms with E-state index >= 15 is 0 Å². The maximum Gasteiger partial charge on any atom is 0.257 e. The summed E-state index contributed by atoms with van der Waals surface area (Å²) in [6.45, 7) is 3.56. The third-order valence-corrected chi connectivity index (χ3v) is 2.77. The molecule has 1 unspecified atom stereocenters. The second-order valence-electron chi connectivity index (χ2n) is 3.44. The minimum Gasteiger partial charge on any atom is -0.369 e. The molecule has 0 fully saturated rings. The van der Waals surface area contributed by atoms with Crippen molar-refractivity contribution in [2.75, 3.05) is 12.4 Å². The van der Waals surface area contributed by atoms with Gasteiger partial charge in [0.05, 0.1) is 0 Å². The van der Waals surface area contributed by atoms with E-state index in [9.17, 15) is 4.79 Å². The van der Waals surface area contributed by atoms with E-state index in [2.05, 4.69) is 15.3 Å². The number of hydrogen-bond donors (Lipinski definition) is 1. The highest BCUT2D eigenvalue weighted by molar-refractivity contribution is 6.32. The molecular formula is C10H14ClN3O2. The van der Waals surface area contributed by atoms with Gasteiger partial charge in [0.15, 0.2) is 11.0 Å². The minimum absolute atomic E-state index is 0.158. The Labute approximate surface area is 99.2 Å². The van der Waals surface area contributed by atoms with E-state index < -0.39 is 5.60 Å². The van der Waals surface area contributed by atoms with Crippen LogP contribution in [0, 0.1) is 0 Å². The van der Waals surface area contributed by atoms with E-state index in [-0.39, 0.29) is 16.9 Å². The van der Waals surface area contributed by atoms with Crippen LogP contribution in [0.4, 0.5) is 5.82 Å². The van der Waals surface area contributed by atoms with Gasteiger partial charge in [0, 0.05) is 19.5 Å². The van der Waals surface area contributed by atoms with Crippen molar-refractivity contribution in [3.05, 3.63) is 17.5 Å². The molecule has 0 saturated heterocycles. The molecule has 1 atom stereocenters. The zero-order valence-corrected chi connectivity index (χ0v) is 10.2. The number of carbonyl (C=O) groups excluding carboxylic acids is 1. The number of nitrogens with one attached hydrogen (secondary N) is 1. The van der Waals surface area contributed by atoms with Crippen LogP contribution in [0.2, 0.25) is 5.15 Å². The molecule has 0 aliphatic heterocycles. The van der Waals surface area contributed by atoms with Gasteiger partial charge in [0.25, 0.3) is 5.91 Å². The number of ether oxygens (including phenoxy) is 1. The topological polar surface area (TPSA) is 64.1 Å². The van der Waals surface area contributed by atoms with Crippen molar-refractivity contribution in [1.29, 1.82) is 0 Å². The van der Waals surface area contributed by atoms with Gasteiger partial charge >= 0.3 is 0 Å². The molecule has 5 nitrogen and oxygen atoms in total. The summed E-state index contributed by atoms with van der Waals surface area (Å²) in [5, 5.41) is 2.74. The first-order valence-corrected chi connectivity index (χ1v) is 5.24. The van der Waals surface area contributed by atoms with Gasteiger partial charge < -0.3 is 10.1 Å². The number of methoxy groups -OCH3 is 1. The summed E-state index contributed by atoms with van der Waals surface area (Å²) >= 11 is 5.78. The van der Waals surface area contributed by atoms with Crippen molar-refractivity contribution in [3.63, 3.8) is 0 Å². The number of rotatable bonds is 4. The number of carbonyl (C=O) groups is 1. The number of hydrogen-bond acceptors (Lipinski definition) is 4. The maximum absolute atomic E-state index is 11.9. The predicted molar refractivity (Wildman–Crippen MR) is 61.4 cm³/mol. The Morgan fingerprint density at radius 2 is 2.19 bits per heavy atom. The van der Waals surface area contributed by atoms with Crippen molar-refractivity contribution >= 4 is 23.3 Å². The first kappa shape index (κ1) is 12.9. The highest BCUT2D eigenvalue weighted by Crippen LogP contribution is 2.19.